The average Bonchev–Trinajstić information content (AvgIpc) is 1.77. The lowest BCUT2D eigenvalue weighted by atomic mass is 10.6. The van der Waals surface area contributed by atoms with E-state index in [9.17, 15) is 4.79 Å². The first kappa shape index (κ1) is 5.08. The first-order valence-corrected chi connectivity index (χ1v) is 2.21. The molecule has 1 rings (SSSR count). The Hall–Kier alpha value is -1.06. The van der Waals surface area contributed by atoms with Crippen LogP contribution in [0.3, 0.4) is 0 Å². The van der Waals surface area contributed by atoms with E-state index in [2.05, 4.69) is 9.84 Å². The lowest BCUT2D eigenvalue weighted by molar-refractivity contribution is -0.133. The lowest BCUT2D eigenvalue weighted by Gasteiger charge is -2.13. The van der Waals surface area contributed by atoms with Gasteiger partial charge in [0, 0.05) is 7.05 Å². The SMILES string of the molecule is CN1N=COCC1=O. The van der Waals surface area contributed by atoms with Gasteiger partial charge < -0.3 is 4.74 Å². The van der Waals surface area contributed by atoms with E-state index in [1.807, 2.05) is 0 Å². The van der Waals surface area contributed by atoms with Gasteiger partial charge in [-0.25, -0.2) is 5.01 Å². The van der Waals surface area contributed by atoms with Gasteiger partial charge >= 0.3 is 0 Å². The Labute approximate surface area is 46.7 Å². The van der Waals surface area contributed by atoms with Crippen molar-refractivity contribution in [2.75, 3.05) is 13.7 Å². The molecule has 0 unspecified atom stereocenters. The van der Waals surface area contributed by atoms with E-state index in [-0.39, 0.29) is 12.5 Å². The predicted octanol–water partition coefficient (Wildman–Crippen LogP) is -0.582. The van der Waals surface area contributed by atoms with Gasteiger partial charge in [0.05, 0.1) is 0 Å². The van der Waals surface area contributed by atoms with E-state index in [0.29, 0.717) is 0 Å². The van der Waals surface area contributed by atoms with Crippen LogP contribution in [0.2, 0.25) is 0 Å². The minimum Gasteiger partial charge on any atom is -0.472 e. The number of hydrogen-bond donors (Lipinski definition) is 0. The maximum Gasteiger partial charge on any atom is 0.280 e. The Balaban J connectivity index is 2.60. The lowest BCUT2D eigenvalue weighted by Crippen LogP contribution is -2.29. The maximum absolute atomic E-state index is 10.5. The van der Waals surface area contributed by atoms with Crippen molar-refractivity contribution in [1.29, 1.82) is 0 Å². The number of ether oxygens (including phenoxy) is 1. The van der Waals surface area contributed by atoms with Crippen molar-refractivity contribution < 1.29 is 9.53 Å². The van der Waals surface area contributed by atoms with Gasteiger partial charge in [0.2, 0.25) is 0 Å². The van der Waals surface area contributed by atoms with Crippen molar-refractivity contribution in [2.24, 2.45) is 5.10 Å². The molecule has 0 saturated carbocycles. The van der Waals surface area contributed by atoms with Crippen LogP contribution in [0.25, 0.3) is 0 Å². The van der Waals surface area contributed by atoms with Gasteiger partial charge in [-0.15, -0.1) is 5.10 Å². The minimum atomic E-state index is -0.118. The van der Waals surface area contributed by atoms with E-state index in [4.69, 9.17) is 0 Å². The van der Waals surface area contributed by atoms with Gasteiger partial charge in [-0.1, -0.05) is 0 Å². The van der Waals surface area contributed by atoms with Crippen LogP contribution in [0.5, 0.6) is 0 Å². The minimum absolute atomic E-state index is 0.111. The van der Waals surface area contributed by atoms with Crippen molar-refractivity contribution in [3.8, 4) is 0 Å². The molecule has 0 saturated heterocycles. The monoisotopic (exact) mass is 114 g/mol. The van der Waals surface area contributed by atoms with Crippen molar-refractivity contribution in [3.63, 3.8) is 0 Å². The fraction of sp³-hybridized carbons (Fsp3) is 0.500. The summed E-state index contributed by atoms with van der Waals surface area (Å²) in [6.07, 6.45) is 1.25. The topological polar surface area (TPSA) is 41.9 Å². The average molecular weight is 114 g/mol. The van der Waals surface area contributed by atoms with Crippen LogP contribution in [0.1, 0.15) is 0 Å². The predicted molar refractivity (Wildman–Crippen MR) is 27.2 cm³/mol. The second-order valence-corrected chi connectivity index (χ2v) is 1.45. The quantitative estimate of drug-likeness (QED) is 0.422. The van der Waals surface area contributed by atoms with E-state index in [1.165, 1.54) is 11.4 Å². The molecule has 0 bridgehead atoms. The molecule has 44 valence electrons. The third kappa shape index (κ3) is 0.776. The van der Waals surface area contributed by atoms with Crippen molar-refractivity contribution in [2.45, 2.75) is 0 Å². The molecule has 0 radical (unpaired) electrons. The molecule has 4 heteroatoms. The Morgan fingerprint density at radius 2 is 2.75 bits per heavy atom. The van der Waals surface area contributed by atoms with Crippen LogP contribution in [-0.4, -0.2) is 31.0 Å². The summed E-state index contributed by atoms with van der Waals surface area (Å²) in [6.45, 7) is 0.111. The van der Waals surface area contributed by atoms with Gasteiger partial charge in [0.15, 0.2) is 13.0 Å². The number of rotatable bonds is 0. The smallest absolute Gasteiger partial charge is 0.280 e. The second-order valence-electron chi connectivity index (χ2n) is 1.45. The molecule has 1 aliphatic rings. The molecule has 0 atom stereocenters. The van der Waals surface area contributed by atoms with Gasteiger partial charge in [0.25, 0.3) is 5.91 Å². The van der Waals surface area contributed by atoms with Crippen LogP contribution in [0.15, 0.2) is 5.10 Å². The number of likely N-dealkylation sites (N-methyl/N-ethyl adjacent to an activating group) is 1. The molecule has 4 nitrogen and oxygen atoms in total. The van der Waals surface area contributed by atoms with Crippen LogP contribution >= 0.6 is 0 Å². The maximum atomic E-state index is 10.5. The van der Waals surface area contributed by atoms with E-state index in [1.54, 1.807) is 7.05 Å². The summed E-state index contributed by atoms with van der Waals surface area (Å²) in [4.78, 5) is 10.5. The summed E-state index contributed by atoms with van der Waals surface area (Å²) < 4.78 is 4.57. The van der Waals surface area contributed by atoms with E-state index < -0.39 is 0 Å². The Kier molecular flexibility index (Phi) is 1.15. The standard InChI is InChI=1S/C4H6N2O2/c1-6-4(7)2-8-3-5-6/h3H,2H2,1H3. The largest absolute Gasteiger partial charge is 0.472 e. The number of hydrogen-bond acceptors (Lipinski definition) is 3. The van der Waals surface area contributed by atoms with Gasteiger partial charge in [-0.3, -0.25) is 4.79 Å². The number of carbonyl (C=O) groups excluding carboxylic acids is 1. The number of carbonyl (C=O) groups is 1. The molecule has 8 heavy (non-hydrogen) atoms. The highest BCUT2D eigenvalue weighted by Gasteiger charge is 2.09. The molecule has 0 fully saturated rings. The number of nitrogens with zero attached hydrogens (tertiary/aromatic N) is 2. The molecule has 0 aromatic heterocycles. The molecular formula is C4H6N2O2. The molecule has 0 aromatic carbocycles. The summed E-state index contributed by atoms with van der Waals surface area (Å²) in [5.74, 6) is -0.118. The van der Waals surface area contributed by atoms with Crippen molar-refractivity contribution in [3.05, 3.63) is 0 Å². The molecule has 0 N–H and O–H groups in total. The summed E-state index contributed by atoms with van der Waals surface area (Å²) in [5.41, 5.74) is 0. The molecule has 0 aliphatic carbocycles. The van der Waals surface area contributed by atoms with Crippen LogP contribution in [0, 0.1) is 0 Å². The first-order valence-electron chi connectivity index (χ1n) is 2.21. The van der Waals surface area contributed by atoms with Gasteiger partial charge in [0.1, 0.15) is 0 Å². The number of hydrazone groups is 1. The molecule has 1 amide bonds. The zero-order valence-electron chi connectivity index (χ0n) is 4.50. The Morgan fingerprint density at radius 3 is 3.12 bits per heavy atom. The summed E-state index contributed by atoms with van der Waals surface area (Å²) >= 11 is 0. The third-order valence-corrected chi connectivity index (χ3v) is 0.863. The summed E-state index contributed by atoms with van der Waals surface area (Å²) in [7, 11) is 1.58. The second kappa shape index (κ2) is 1.81. The van der Waals surface area contributed by atoms with E-state index in [0.717, 1.165) is 0 Å². The molecule has 1 heterocycles. The van der Waals surface area contributed by atoms with Crippen LogP contribution < -0.4 is 0 Å². The van der Waals surface area contributed by atoms with Crippen molar-refractivity contribution in [1.82, 2.24) is 5.01 Å². The summed E-state index contributed by atoms with van der Waals surface area (Å²) in [6, 6.07) is 0. The fourth-order valence-corrected chi connectivity index (χ4v) is 0.370. The van der Waals surface area contributed by atoms with Gasteiger partial charge in [-0.05, 0) is 0 Å². The number of amides is 1. The summed E-state index contributed by atoms with van der Waals surface area (Å²) in [5, 5.41) is 4.79. The highest BCUT2D eigenvalue weighted by molar-refractivity contribution is 5.80. The molecule has 1 aliphatic heterocycles. The zero-order valence-corrected chi connectivity index (χ0v) is 4.50. The molecular weight excluding hydrogens is 108 g/mol. The van der Waals surface area contributed by atoms with Crippen LogP contribution in [0.4, 0.5) is 0 Å². The molecule has 0 spiro atoms. The Morgan fingerprint density at radius 1 is 2.00 bits per heavy atom. The highest BCUT2D eigenvalue weighted by atomic mass is 16.5. The zero-order chi connectivity index (χ0) is 5.98. The highest BCUT2D eigenvalue weighted by Crippen LogP contribution is 1.90. The Bertz CT molecular complexity index is 132. The molecule has 0 aromatic rings. The van der Waals surface area contributed by atoms with Gasteiger partial charge in [-0.2, -0.15) is 0 Å². The normalized spacial score (nSPS) is 18.6. The first-order chi connectivity index (χ1) is 3.80. The van der Waals surface area contributed by atoms with Crippen LogP contribution in [-0.2, 0) is 9.53 Å². The van der Waals surface area contributed by atoms with E-state index >= 15 is 0 Å². The van der Waals surface area contributed by atoms with Crippen molar-refractivity contribution >= 4 is 12.3 Å². The third-order valence-electron chi connectivity index (χ3n) is 0.863. The fourth-order valence-electron chi connectivity index (χ4n) is 0.370.